The van der Waals surface area contributed by atoms with E-state index in [0.29, 0.717) is 41.9 Å². The summed E-state index contributed by atoms with van der Waals surface area (Å²) in [6, 6.07) is 1.48. The minimum absolute atomic E-state index is 0.162. The van der Waals surface area contributed by atoms with Crippen molar-refractivity contribution in [2.75, 3.05) is 13.1 Å². The number of rotatable bonds is 4. The van der Waals surface area contributed by atoms with Crippen molar-refractivity contribution in [1.82, 2.24) is 34.9 Å². The first-order chi connectivity index (χ1) is 15.2. The van der Waals surface area contributed by atoms with Gasteiger partial charge in [-0.2, -0.15) is 10.4 Å². The van der Waals surface area contributed by atoms with Gasteiger partial charge in [-0.1, -0.05) is 20.8 Å². The molecule has 4 heterocycles. The number of likely N-dealkylation sites (tertiary alicyclic amines) is 1. The van der Waals surface area contributed by atoms with Gasteiger partial charge in [-0.25, -0.2) is 9.97 Å². The van der Waals surface area contributed by atoms with E-state index in [1.165, 1.54) is 0 Å². The predicted octanol–water partition coefficient (Wildman–Crippen LogP) is 1.87. The second kappa shape index (κ2) is 8.07. The lowest BCUT2D eigenvalue weighted by atomic mass is 9.85. The molecule has 0 aromatic carbocycles. The third kappa shape index (κ3) is 4.06. The zero-order chi connectivity index (χ0) is 23.0. The van der Waals surface area contributed by atoms with Crippen molar-refractivity contribution in [3.63, 3.8) is 0 Å². The van der Waals surface area contributed by atoms with Crippen molar-refractivity contribution < 1.29 is 9.59 Å². The molecule has 2 amide bonds. The molecule has 0 radical (unpaired) electrons. The summed E-state index contributed by atoms with van der Waals surface area (Å²) in [4.78, 5) is 40.1. The van der Waals surface area contributed by atoms with Gasteiger partial charge in [-0.05, 0) is 11.8 Å². The molecule has 1 fully saturated rings. The van der Waals surface area contributed by atoms with Crippen LogP contribution in [0.1, 0.15) is 37.6 Å². The molecule has 10 heteroatoms. The molecule has 2 N–H and O–H groups in total. The lowest BCUT2D eigenvalue weighted by Crippen LogP contribution is -2.54. The number of amides is 2. The second-order valence-electron chi connectivity index (χ2n) is 9.23. The molecule has 2 atom stereocenters. The highest BCUT2D eigenvalue weighted by Crippen LogP contribution is 2.26. The van der Waals surface area contributed by atoms with Gasteiger partial charge in [-0.15, -0.1) is 0 Å². The third-order valence-corrected chi connectivity index (χ3v) is 5.70. The normalized spacial score (nSPS) is 17.3. The number of nitrogens with one attached hydrogen (secondary N) is 2. The van der Waals surface area contributed by atoms with Gasteiger partial charge in [0.15, 0.2) is 5.65 Å². The summed E-state index contributed by atoms with van der Waals surface area (Å²) in [6.45, 7) is 6.63. The van der Waals surface area contributed by atoms with Gasteiger partial charge in [0, 0.05) is 38.1 Å². The molecule has 0 spiro atoms. The van der Waals surface area contributed by atoms with Gasteiger partial charge in [0.25, 0.3) is 5.91 Å². The summed E-state index contributed by atoms with van der Waals surface area (Å²) in [5, 5.41) is 16.2. The number of hydrogen-bond acceptors (Lipinski definition) is 6. The van der Waals surface area contributed by atoms with E-state index in [1.54, 1.807) is 28.2 Å². The molecule has 0 aliphatic carbocycles. The SMILES string of the molecule is Cn1cc(-c2cnc3[nH]cc(C(=O)NC(C(=O)N4CCC(C#N)C4)C(C)(C)C)c3n2)cn1. The molecule has 4 rings (SSSR count). The molecule has 1 saturated heterocycles. The fourth-order valence-corrected chi connectivity index (χ4v) is 3.86. The molecule has 1 aliphatic rings. The summed E-state index contributed by atoms with van der Waals surface area (Å²) in [5.74, 6) is -0.742. The van der Waals surface area contributed by atoms with Crippen LogP contribution >= 0.6 is 0 Å². The molecule has 0 saturated carbocycles. The zero-order valence-corrected chi connectivity index (χ0v) is 18.6. The maximum Gasteiger partial charge on any atom is 0.255 e. The van der Waals surface area contributed by atoms with Crippen LogP contribution in [-0.4, -0.2) is 60.6 Å². The van der Waals surface area contributed by atoms with Crippen LogP contribution in [0.5, 0.6) is 0 Å². The first-order valence-corrected chi connectivity index (χ1v) is 10.5. The Kier molecular flexibility index (Phi) is 5.42. The summed E-state index contributed by atoms with van der Waals surface area (Å²) in [5.41, 5.74) is 2.10. The van der Waals surface area contributed by atoms with E-state index >= 15 is 0 Å². The maximum atomic E-state index is 13.2. The molecule has 32 heavy (non-hydrogen) atoms. The number of nitrogens with zero attached hydrogens (tertiary/aromatic N) is 6. The molecule has 3 aromatic heterocycles. The maximum absolute atomic E-state index is 13.2. The highest BCUT2D eigenvalue weighted by molar-refractivity contribution is 6.06. The van der Waals surface area contributed by atoms with Crippen molar-refractivity contribution >= 4 is 23.0 Å². The summed E-state index contributed by atoms with van der Waals surface area (Å²) >= 11 is 0. The summed E-state index contributed by atoms with van der Waals surface area (Å²) < 4.78 is 1.67. The number of carbonyl (C=O) groups excluding carboxylic acids is 2. The summed E-state index contributed by atoms with van der Waals surface area (Å²) in [6.07, 6.45) is 7.33. The zero-order valence-electron chi connectivity index (χ0n) is 18.6. The fraction of sp³-hybridized carbons (Fsp3) is 0.455. The van der Waals surface area contributed by atoms with Crippen molar-refractivity contribution in [2.45, 2.75) is 33.2 Å². The van der Waals surface area contributed by atoms with E-state index in [2.05, 4.69) is 31.4 Å². The number of carbonyl (C=O) groups is 2. The van der Waals surface area contributed by atoms with Crippen LogP contribution in [0.25, 0.3) is 22.4 Å². The highest BCUT2D eigenvalue weighted by Gasteiger charge is 2.38. The quantitative estimate of drug-likeness (QED) is 0.644. The lowest BCUT2D eigenvalue weighted by Gasteiger charge is -2.33. The average Bonchev–Trinajstić information content (AvgIpc) is 3.49. The number of aryl methyl sites for hydroxylation is 1. The smallest absolute Gasteiger partial charge is 0.255 e. The van der Waals surface area contributed by atoms with Crippen molar-refractivity contribution in [1.29, 1.82) is 5.26 Å². The Morgan fingerprint density at radius 2 is 2.12 bits per heavy atom. The molecular formula is C22H26N8O2. The third-order valence-electron chi connectivity index (χ3n) is 5.70. The number of aromatic amines is 1. The monoisotopic (exact) mass is 434 g/mol. The second-order valence-corrected chi connectivity index (χ2v) is 9.23. The fourth-order valence-electron chi connectivity index (χ4n) is 3.86. The standard InChI is InChI=1S/C22H26N8O2/c1-22(2,3)18(21(32)30-6-5-13(7-23)11-30)28-20(31)15-9-24-19-17(15)27-16(10-25-19)14-8-26-29(4)12-14/h8-10,12-13,18H,5-6,11H2,1-4H3,(H,24,25)(H,28,31). The van der Waals surface area contributed by atoms with Crippen molar-refractivity contribution in [3.8, 4) is 17.3 Å². The molecule has 1 aliphatic heterocycles. The van der Waals surface area contributed by atoms with Gasteiger partial charge in [-0.3, -0.25) is 14.3 Å². The van der Waals surface area contributed by atoms with Crippen LogP contribution in [-0.2, 0) is 11.8 Å². The van der Waals surface area contributed by atoms with Crippen LogP contribution in [0.4, 0.5) is 0 Å². The number of hydrogen-bond donors (Lipinski definition) is 2. The minimum atomic E-state index is -0.744. The lowest BCUT2D eigenvalue weighted by molar-refractivity contribution is -0.134. The van der Waals surface area contributed by atoms with E-state index in [1.807, 2.05) is 34.0 Å². The molecule has 10 nitrogen and oxygen atoms in total. The molecule has 0 bridgehead atoms. The number of H-pyrrole nitrogens is 1. The molecule has 166 valence electrons. The Morgan fingerprint density at radius 3 is 2.75 bits per heavy atom. The van der Waals surface area contributed by atoms with E-state index < -0.39 is 17.4 Å². The van der Waals surface area contributed by atoms with E-state index in [0.717, 1.165) is 5.56 Å². The Balaban J connectivity index is 1.61. The van der Waals surface area contributed by atoms with Crippen LogP contribution in [0.15, 0.2) is 24.8 Å². The van der Waals surface area contributed by atoms with Crippen LogP contribution in [0.3, 0.4) is 0 Å². The van der Waals surface area contributed by atoms with Crippen LogP contribution in [0, 0.1) is 22.7 Å². The van der Waals surface area contributed by atoms with Crippen molar-refractivity contribution in [2.24, 2.45) is 18.4 Å². The van der Waals surface area contributed by atoms with E-state index in [9.17, 15) is 9.59 Å². The summed E-state index contributed by atoms with van der Waals surface area (Å²) in [7, 11) is 1.81. The van der Waals surface area contributed by atoms with Crippen LogP contribution in [0.2, 0.25) is 0 Å². The topological polar surface area (TPSA) is 133 Å². The predicted molar refractivity (Wildman–Crippen MR) is 117 cm³/mol. The van der Waals surface area contributed by atoms with Gasteiger partial charge in [0.2, 0.25) is 5.91 Å². The Labute approximate surface area is 185 Å². The molecular weight excluding hydrogens is 408 g/mol. The number of fused-ring (bicyclic) bond motifs is 1. The van der Waals surface area contributed by atoms with Gasteiger partial charge in [0.05, 0.1) is 35.6 Å². The van der Waals surface area contributed by atoms with Gasteiger partial charge < -0.3 is 15.2 Å². The number of aromatic nitrogens is 5. The van der Waals surface area contributed by atoms with Crippen molar-refractivity contribution in [3.05, 3.63) is 30.4 Å². The minimum Gasteiger partial charge on any atom is -0.344 e. The first kappa shape index (κ1) is 21.5. The Hall–Kier alpha value is -3.74. The van der Waals surface area contributed by atoms with E-state index in [-0.39, 0.29) is 11.8 Å². The Morgan fingerprint density at radius 1 is 1.34 bits per heavy atom. The number of nitriles is 1. The van der Waals surface area contributed by atoms with Crippen LogP contribution < -0.4 is 5.32 Å². The highest BCUT2D eigenvalue weighted by atomic mass is 16.2. The largest absolute Gasteiger partial charge is 0.344 e. The first-order valence-electron chi connectivity index (χ1n) is 10.5. The Bertz CT molecular complexity index is 1210. The van der Waals surface area contributed by atoms with Gasteiger partial charge >= 0.3 is 0 Å². The van der Waals surface area contributed by atoms with E-state index in [4.69, 9.17) is 5.26 Å². The molecule has 2 unspecified atom stereocenters. The van der Waals surface area contributed by atoms with Gasteiger partial charge in [0.1, 0.15) is 11.6 Å². The molecule has 3 aromatic rings. The average molecular weight is 435 g/mol.